The highest BCUT2D eigenvalue weighted by atomic mass is 16.5. The van der Waals surface area contributed by atoms with Crippen molar-refractivity contribution in [3.05, 3.63) is 29.3 Å². The molecule has 1 unspecified atom stereocenters. The molecule has 0 spiro atoms. The highest BCUT2D eigenvalue weighted by Gasteiger charge is 2.43. The third-order valence-electron chi connectivity index (χ3n) is 4.78. The second kappa shape index (κ2) is 4.73. The lowest BCUT2D eigenvalue weighted by Crippen LogP contribution is -2.47. The minimum absolute atomic E-state index is 0.167. The number of benzene rings is 1. The Morgan fingerprint density at radius 3 is 2.86 bits per heavy atom. The summed E-state index contributed by atoms with van der Waals surface area (Å²) in [4.78, 5) is 13.7. The first-order valence-corrected chi connectivity index (χ1v) is 7.60. The molecule has 4 nitrogen and oxygen atoms in total. The predicted molar refractivity (Wildman–Crippen MR) is 80.5 cm³/mol. The number of carboxylic acids is 1. The van der Waals surface area contributed by atoms with Gasteiger partial charge >= 0.3 is 5.97 Å². The lowest BCUT2D eigenvalue weighted by Gasteiger charge is -2.31. The standard InChI is InChI=1S/C17H23NO3/c1-16(2)10-12-6-4-7-13(14(12)21-16)11-18-9-5-8-17(18,3)15(19)20/h4,6-7H,5,8-11H2,1-3H3,(H,19,20). The Labute approximate surface area is 125 Å². The monoisotopic (exact) mass is 289 g/mol. The van der Waals surface area contributed by atoms with E-state index in [9.17, 15) is 9.90 Å². The molecule has 0 radical (unpaired) electrons. The molecule has 1 saturated heterocycles. The van der Waals surface area contributed by atoms with Gasteiger partial charge in [0.05, 0.1) is 0 Å². The van der Waals surface area contributed by atoms with Gasteiger partial charge < -0.3 is 9.84 Å². The lowest BCUT2D eigenvalue weighted by atomic mass is 9.97. The van der Waals surface area contributed by atoms with Crippen LogP contribution in [-0.4, -0.2) is 33.7 Å². The molecule has 0 amide bonds. The van der Waals surface area contributed by atoms with E-state index in [2.05, 4.69) is 30.9 Å². The number of hydrogen-bond acceptors (Lipinski definition) is 3. The van der Waals surface area contributed by atoms with Crippen LogP contribution < -0.4 is 4.74 Å². The van der Waals surface area contributed by atoms with Crippen LogP contribution in [0, 0.1) is 0 Å². The number of para-hydroxylation sites is 1. The minimum atomic E-state index is -0.753. The smallest absolute Gasteiger partial charge is 0.323 e. The second-order valence-electron chi connectivity index (χ2n) is 7.05. The van der Waals surface area contributed by atoms with E-state index < -0.39 is 11.5 Å². The van der Waals surface area contributed by atoms with Crippen molar-refractivity contribution in [2.45, 2.75) is 57.7 Å². The molecule has 1 aromatic carbocycles. The third kappa shape index (κ3) is 2.42. The maximum absolute atomic E-state index is 11.6. The summed E-state index contributed by atoms with van der Waals surface area (Å²) in [5.74, 6) is 0.232. The van der Waals surface area contributed by atoms with Crippen LogP contribution >= 0.6 is 0 Å². The van der Waals surface area contributed by atoms with Gasteiger partial charge in [-0.2, -0.15) is 0 Å². The zero-order valence-corrected chi connectivity index (χ0v) is 13.0. The van der Waals surface area contributed by atoms with E-state index in [1.807, 2.05) is 13.0 Å². The Balaban J connectivity index is 1.88. The average molecular weight is 289 g/mol. The molecule has 1 atom stereocenters. The van der Waals surface area contributed by atoms with Gasteiger partial charge in [-0.3, -0.25) is 9.69 Å². The molecule has 114 valence electrons. The SMILES string of the molecule is CC1(C)Cc2cccc(CN3CCCC3(C)C(=O)O)c2O1. The molecule has 0 aliphatic carbocycles. The van der Waals surface area contributed by atoms with Gasteiger partial charge in [-0.05, 0) is 45.7 Å². The van der Waals surface area contributed by atoms with E-state index in [1.165, 1.54) is 5.56 Å². The Kier molecular flexibility index (Phi) is 3.24. The van der Waals surface area contributed by atoms with Crippen LogP contribution in [-0.2, 0) is 17.8 Å². The molecule has 2 aliphatic heterocycles. The topological polar surface area (TPSA) is 49.8 Å². The zero-order chi connectivity index (χ0) is 15.3. The van der Waals surface area contributed by atoms with Gasteiger partial charge in [-0.25, -0.2) is 0 Å². The van der Waals surface area contributed by atoms with Crippen molar-refractivity contribution >= 4 is 5.97 Å². The van der Waals surface area contributed by atoms with Gasteiger partial charge in [0, 0.05) is 18.5 Å². The van der Waals surface area contributed by atoms with Crippen LogP contribution in [0.2, 0.25) is 0 Å². The fourth-order valence-corrected chi connectivity index (χ4v) is 3.52. The summed E-state index contributed by atoms with van der Waals surface area (Å²) < 4.78 is 6.09. The van der Waals surface area contributed by atoms with Gasteiger partial charge in [-0.1, -0.05) is 18.2 Å². The van der Waals surface area contributed by atoms with Crippen molar-refractivity contribution in [1.29, 1.82) is 0 Å². The zero-order valence-electron chi connectivity index (χ0n) is 13.0. The molecule has 2 heterocycles. The van der Waals surface area contributed by atoms with E-state index >= 15 is 0 Å². The Morgan fingerprint density at radius 2 is 2.14 bits per heavy atom. The highest BCUT2D eigenvalue weighted by Crippen LogP contribution is 2.40. The lowest BCUT2D eigenvalue weighted by molar-refractivity contribution is -0.148. The number of fused-ring (bicyclic) bond motifs is 1. The van der Waals surface area contributed by atoms with Gasteiger partial charge in [0.15, 0.2) is 0 Å². The van der Waals surface area contributed by atoms with Crippen molar-refractivity contribution in [1.82, 2.24) is 4.90 Å². The predicted octanol–water partition coefficient (Wildman–Crippen LogP) is 2.84. The molecule has 1 fully saturated rings. The van der Waals surface area contributed by atoms with Crippen molar-refractivity contribution in [2.75, 3.05) is 6.54 Å². The summed E-state index contributed by atoms with van der Waals surface area (Å²) in [7, 11) is 0. The summed E-state index contributed by atoms with van der Waals surface area (Å²) in [5.41, 5.74) is 1.41. The van der Waals surface area contributed by atoms with Crippen LogP contribution in [0.25, 0.3) is 0 Å². The number of likely N-dealkylation sites (tertiary alicyclic amines) is 1. The second-order valence-corrected chi connectivity index (χ2v) is 7.05. The minimum Gasteiger partial charge on any atom is -0.487 e. The molecule has 21 heavy (non-hydrogen) atoms. The first-order valence-electron chi connectivity index (χ1n) is 7.60. The maximum atomic E-state index is 11.6. The number of ether oxygens (including phenoxy) is 1. The summed E-state index contributed by atoms with van der Waals surface area (Å²) in [6.45, 7) is 7.48. The molecule has 3 rings (SSSR count). The van der Waals surface area contributed by atoms with E-state index in [-0.39, 0.29) is 5.60 Å². The molecular formula is C17H23NO3. The van der Waals surface area contributed by atoms with Crippen LogP contribution in [0.4, 0.5) is 0 Å². The van der Waals surface area contributed by atoms with Crippen molar-refractivity contribution < 1.29 is 14.6 Å². The summed E-state index contributed by atoms with van der Waals surface area (Å²) in [5, 5.41) is 9.52. The number of rotatable bonds is 3. The Bertz CT molecular complexity index is 581. The number of carbonyl (C=O) groups is 1. The number of nitrogens with zero attached hydrogens (tertiary/aromatic N) is 1. The van der Waals surface area contributed by atoms with Crippen molar-refractivity contribution in [2.24, 2.45) is 0 Å². The Morgan fingerprint density at radius 1 is 1.38 bits per heavy atom. The molecule has 0 saturated carbocycles. The van der Waals surface area contributed by atoms with E-state index in [0.717, 1.165) is 30.7 Å². The number of aliphatic carboxylic acids is 1. The largest absolute Gasteiger partial charge is 0.487 e. The molecule has 1 aromatic rings. The Hall–Kier alpha value is -1.55. The summed E-state index contributed by atoms with van der Waals surface area (Å²) >= 11 is 0. The van der Waals surface area contributed by atoms with Gasteiger partial charge in [0.2, 0.25) is 0 Å². The summed E-state index contributed by atoms with van der Waals surface area (Å²) in [6.07, 6.45) is 2.56. The third-order valence-corrected chi connectivity index (χ3v) is 4.78. The van der Waals surface area contributed by atoms with Crippen molar-refractivity contribution in [3.63, 3.8) is 0 Å². The van der Waals surface area contributed by atoms with Crippen LogP contribution in [0.1, 0.15) is 44.7 Å². The fraction of sp³-hybridized carbons (Fsp3) is 0.588. The highest BCUT2D eigenvalue weighted by molar-refractivity contribution is 5.78. The van der Waals surface area contributed by atoms with E-state index in [0.29, 0.717) is 13.0 Å². The molecule has 4 heteroatoms. The van der Waals surface area contributed by atoms with E-state index in [4.69, 9.17) is 4.74 Å². The molecule has 0 bridgehead atoms. The van der Waals surface area contributed by atoms with Crippen LogP contribution in [0.5, 0.6) is 5.75 Å². The first kappa shape index (κ1) is 14.4. The van der Waals surface area contributed by atoms with Gasteiger partial charge in [0.25, 0.3) is 0 Å². The molecule has 0 aromatic heterocycles. The van der Waals surface area contributed by atoms with Crippen molar-refractivity contribution in [3.8, 4) is 5.75 Å². The van der Waals surface area contributed by atoms with Crippen LogP contribution in [0.3, 0.4) is 0 Å². The maximum Gasteiger partial charge on any atom is 0.323 e. The molecule has 1 N–H and O–H groups in total. The van der Waals surface area contributed by atoms with Gasteiger partial charge in [-0.15, -0.1) is 0 Å². The molecular weight excluding hydrogens is 266 g/mol. The first-order chi connectivity index (χ1) is 9.82. The number of hydrogen-bond donors (Lipinski definition) is 1. The normalized spacial score (nSPS) is 27.4. The quantitative estimate of drug-likeness (QED) is 0.929. The fourth-order valence-electron chi connectivity index (χ4n) is 3.52. The van der Waals surface area contributed by atoms with Crippen LogP contribution in [0.15, 0.2) is 18.2 Å². The number of carboxylic acid groups (broad SMARTS) is 1. The molecule has 2 aliphatic rings. The summed E-state index contributed by atoms with van der Waals surface area (Å²) in [6, 6.07) is 6.21. The van der Waals surface area contributed by atoms with Gasteiger partial charge in [0.1, 0.15) is 16.9 Å². The average Bonchev–Trinajstić information content (AvgIpc) is 2.90. The van der Waals surface area contributed by atoms with E-state index in [1.54, 1.807) is 0 Å².